The zero-order valence-corrected chi connectivity index (χ0v) is 5.85. The molecule has 0 aromatic carbocycles. The topological polar surface area (TPSA) is 32.3 Å². The number of hydrogen-bond donors (Lipinski definition) is 1. The summed E-state index contributed by atoms with van der Waals surface area (Å²) in [6.45, 7) is 0.893. The van der Waals surface area contributed by atoms with Gasteiger partial charge in [0.15, 0.2) is 0 Å². The summed E-state index contributed by atoms with van der Waals surface area (Å²) < 4.78 is 0. The third-order valence-electron chi connectivity index (χ3n) is 1.78. The van der Waals surface area contributed by atoms with Crippen molar-refractivity contribution in [2.75, 3.05) is 20.6 Å². The van der Waals surface area contributed by atoms with Gasteiger partial charge in [-0.15, -0.1) is 0 Å². The SMILES string of the molecule is CN[C@@H]1CCN(C)C1=O. The monoisotopic (exact) mass is 128 g/mol. The first-order valence-electron chi connectivity index (χ1n) is 3.18. The predicted octanol–water partition coefficient (Wildman–Crippen LogP) is -0.563. The second-order valence-corrected chi connectivity index (χ2v) is 2.39. The second-order valence-electron chi connectivity index (χ2n) is 2.39. The quantitative estimate of drug-likeness (QED) is 0.513. The van der Waals surface area contributed by atoms with Gasteiger partial charge in [-0.2, -0.15) is 0 Å². The Hall–Kier alpha value is -0.570. The van der Waals surface area contributed by atoms with E-state index in [2.05, 4.69) is 5.32 Å². The van der Waals surface area contributed by atoms with Gasteiger partial charge in [0.25, 0.3) is 0 Å². The molecule has 1 saturated heterocycles. The summed E-state index contributed by atoms with van der Waals surface area (Å²) in [6.07, 6.45) is 0.950. The van der Waals surface area contributed by atoms with Crippen LogP contribution in [0.2, 0.25) is 0 Å². The van der Waals surface area contributed by atoms with Crippen LogP contribution in [0.25, 0.3) is 0 Å². The first-order chi connectivity index (χ1) is 4.25. The smallest absolute Gasteiger partial charge is 0.239 e. The van der Waals surface area contributed by atoms with Crippen molar-refractivity contribution in [3.05, 3.63) is 0 Å². The van der Waals surface area contributed by atoms with Gasteiger partial charge in [0.05, 0.1) is 6.04 Å². The lowest BCUT2D eigenvalue weighted by atomic mass is 10.3. The zero-order chi connectivity index (χ0) is 6.85. The number of carbonyl (C=O) groups is 1. The minimum Gasteiger partial charge on any atom is -0.344 e. The molecule has 0 unspecified atom stereocenters. The van der Waals surface area contributed by atoms with Crippen LogP contribution in [0.3, 0.4) is 0 Å². The van der Waals surface area contributed by atoms with Crippen LogP contribution in [-0.4, -0.2) is 37.5 Å². The van der Waals surface area contributed by atoms with Crippen molar-refractivity contribution in [1.82, 2.24) is 10.2 Å². The normalized spacial score (nSPS) is 27.6. The lowest BCUT2D eigenvalue weighted by molar-refractivity contribution is -0.128. The van der Waals surface area contributed by atoms with E-state index < -0.39 is 0 Å². The molecule has 1 atom stereocenters. The molecule has 3 heteroatoms. The molecule has 9 heavy (non-hydrogen) atoms. The van der Waals surface area contributed by atoms with Crippen LogP contribution >= 0.6 is 0 Å². The molecular formula is C6H12N2O. The highest BCUT2D eigenvalue weighted by Crippen LogP contribution is 2.06. The summed E-state index contributed by atoms with van der Waals surface area (Å²) in [5.41, 5.74) is 0. The van der Waals surface area contributed by atoms with Crippen molar-refractivity contribution in [1.29, 1.82) is 0 Å². The molecule has 1 fully saturated rings. The number of hydrogen-bond acceptors (Lipinski definition) is 2. The Balaban J connectivity index is 2.51. The van der Waals surface area contributed by atoms with E-state index in [0.29, 0.717) is 0 Å². The van der Waals surface area contributed by atoms with Gasteiger partial charge in [0, 0.05) is 13.6 Å². The summed E-state index contributed by atoms with van der Waals surface area (Å²) in [5.74, 6) is 0.220. The molecule has 1 rings (SSSR count). The number of amides is 1. The van der Waals surface area contributed by atoms with Crippen molar-refractivity contribution in [3.63, 3.8) is 0 Å². The highest BCUT2D eigenvalue weighted by Gasteiger charge is 2.26. The van der Waals surface area contributed by atoms with Crippen molar-refractivity contribution in [3.8, 4) is 0 Å². The number of likely N-dealkylation sites (N-methyl/N-ethyl adjacent to an activating group) is 2. The molecule has 0 bridgehead atoms. The Morgan fingerprint density at radius 3 is 2.67 bits per heavy atom. The summed E-state index contributed by atoms with van der Waals surface area (Å²) in [4.78, 5) is 12.8. The number of rotatable bonds is 1. The average Bonchev–Trinajstić information content (AvgIpc) is 2.15. The van der Waals surface area contributed by atoms with E-state index in [4.69, 9.17) is 0 Å². The molecule has 52 valence electrons. The highest BCUT2D eigenvalue weighted by molar-refractivity contribution is 5.83. The molecule has 0 saturated carbocycles. The first-order valence-corrected chi connectivity index (χ1v) is 3.18. The fourth-order valence-electron chi connectivity index (χ4n) is 1.09. The molecule has 0 spiro atoms. The largest absolute Gasteiger partial charge is 0.344 e. The lowest BCUT2D eigenvalue weighted by Gasteiger charge is -2.07. The van der Waals surface area contributed by atoms with Crippen LogP contribution in [0, 0.1) is 0 Å². The molecular weight excluding hydrogens is 116 g/mol. The summed E-state index contributed by atoms with van der Waals surface area (Å²) in [7, 11) is 3.65. The maximum Gasteiger partial charge on any atom is 0.239 e. The standard InChI is InChI=1S/C6H12N2O/c1-7-5-3-4-8(2)6(5)9/h5,7H,3-4H2,1-2H3/t5-/m1/s1. The van der Waals surface area contributed by atoms with Gasteiger partial charge in [-0.25, -0.2) is 0 Å². The van der Waals surface area contributed by atoms with Gasteiger partial charge >= 0.3 is 0 Å². The predicted molar refractivity (Wildman–Crippen MR) is 35.1 cm³/mol. The zero-order valence-electron chi connectivity index (χ0n) is 5.85. The van der Waals surface area contributed by atoms with Crippen molar-refractivity contribution < 1.29 is 4.79 Å². The van der Waals surface area contributed by atoms with Crippen LogP contribution in [0.4, 0.5) is 0 Å². The molecule has 0 aromatic heterocycles. The molecule has 1 aliphatic rings. The van der Waals surface area contributed by atoms with Crippen molar-refractivity contribution in [2.24, 2.45) is 0 Å². The minimum atomic E-state index is 0.0787. The number of likely N-dealkylation sites (tertiary alicyclic amines) is 1. The number of nitrogens with zero attached hydrogens (tertiary/aromatic N) is 1. The maximum atomic E-state index is 11.0. The first kappa shape index (κ1) is 6.55. The Morgan fingerprint density at radius 2 is 2.44 bits per heavy atom. The van der Waals surface area contributed by atoms with Crippen LogP contribution in [-0.2, 0) is 4.79 Å². The summed E-state index contributed by atoms with van der Waals surface area (Å²) in [6, 6.07) is 0.0787. The number of carbonyl (C=O) groups excluding carboxylic acids is 1. The van der Waals surface area contributed by atoms with Gasteiger partial charge in [-0.05, 0) is 13.5 Å². The van der Waals surface area contributed by atoms with E-state index in [-0.39, 0.29) is 11.9 Å². The van der Waals surface area contributed by atoms with Crippen LogP contribution < -0.4 is 5.32 Å². The molecule has 1 N–H and O–H groups in total. The van der Waals surface area contributed by atoms with E-state index in [1.807, 2.05) is 14.1 Å². The van der Waals surface area contributed by atoms with Gasteiger partial charge in [-0.1, -0.05) is 0 Å². The van der Waals surface area contributed by atoms with E-state index >= 15 is 0 Å². The molecule has 0 aromatic rings. The van der Waals surface area contributed by atoms with Crippen LogP contribution in [0.5, 0.6) is 0 Å². The molecule has 0 aliphatic carbocycles. The Kier molecular flexibility index (Phi) is 1.71. The van der Waals surface area contributed by atoms with Crippen molar-refractivity contribution >= 4 is 5.91 Å². The molecule has 1 amide bonds. The third kappa shape index (κ3) is 1.05. The van der Waals surface area contributed by atoms with Crippen LogP contribution in [0.1, 0.15) is 6.42 Å². The van der Waals surface area contributed by atoms with Gasteiger partial charge in [0.2, 0.25) is 5.91 Å². The summed E-state index contributed by atoms with van der Waals surface area (Å²) >= 11 is 0. The minimum absolute atomic E-state index is 0.0787. The average molecular weight is 128 g/mol. The molecule has 1 heterocycles. The van der Waals surface area contributed by atoms with E-state index in [0.717, 1.165) is 13.0 Å². The van der Waals surface area contributed by atoms with Gasteiger partial charge in [0.1, 0.15) is 0 Å². The fourth-order valence-corrected chi connectivity index (χ4v) is 1.09. The lowest BCUT2D eigenvalue weighted by Crippen LogP contribution is -2.34. The Labute approximate surface area is 55.0 Å². The maximum absolute atomic E-state index is 11.0. The van der Waals surface area contributed by atoms with E-state index in [1.54, 1.807) is 4.90 Å². The van der Waals surface area contributed by atoms with Crippen LogP contribution in [0.15, 0.2) is 0 Å². The van der Waals surface area contributed by atoms with E-state index in [9.17, 15) is 4.79 Å². The van der Waals surface area contributed by atoms with Gasteiger partial charge in [-0.3, -0.25) is 4.79 Å². The fraction of sp³-hybridized carbons (Fsp3) is 0.833. The number of nitrogens with one attached hydrogen (secondary N) is 1. The van der Waals surface area contributed by atoms with Crippen molar-refractivity contribution in [2.45, 2.75) is 12.5 Å². The summed E-state index contributed by atoms with van der Waals surface area (Å²) in [5, 5.41) is 2.95. The molecule has 3 nitrogen and oxygen atoms in total. The highest BCUT2D eigenvalue weighted by atomic mass is 16.2. The Bertz CT molecular complexity index is 124. The third-order valence-corrected chi connectivity index (χ3v) is 1.78. The Morgan fingerprint density at radius 1 is 1.78 bits per heavy atom. The molecule has 0 radical (unpaired) electrons. The molecule has 1 aliphatic heterocycles. The second kappa shape index (κ2) is 2.35. The van der Waals surface area contributed by atoms with E-state index in [1.165, 1.54) is 0 Å². The van der Waals surface area contributed by atoms with Gasteiger partial charge < -0.3 is 10.2 Å².